The average Bonchev–Trinajstić information content (AvgIpc) is 2.82. The fourth-order valence-electron chi connectivity index (χ4n) is 4.09. The monoisotopic (exact) mass is 436 g/mol. The Kier molecular flexibility index (Phi) is 8.12. The molecule has 31 heavy (non-hydrogen) atoms. The van der Waals surface area contributed by atoms with Crippen LogP contribution in [0.15, 0.2) is 66.7 Å². The van der Waals surface area contributed by atoms with Gasteiger partial charge >= 0.3 is 0 Å². The number of aliphatic hydroxyl groups is 1. The van der Waals surface area contributed by atoms with E-state index in [0.717, 1.165) is 35.5 Å². The van der Waals surface area contributed by atoms with Crippen LogP contribution in [0.25, 0.3) is 0 Å². The van der Waals surface area contributed by atoms with E-state index in [0.29, 0.717) is 15.2 Å². The molecule has 0 heterocycles. The summed E-state index contributed by atoms with van der Waals surface area (Å²) in [5.41, 5.74) is 4.55. The van der Waals surface area contributed by atoms with Crippen LogP contribution in [0.5, 0.6) is 11.5 Å². The van der Waals surface area contributed by atoms with Crippen molar-refractivity contribution >= 4 is 13.9 Å². The number of para-hydroxylation sites is 1. The topological polar surface area (TPSA) is 38.7 Å². The molecule has 164 valence electrons. The fourth-order valence-corrected chi connectivity index (χ4v) is 5.85. The summed E-state index contributed by atoms with van der Waals surface area (Å²) in [5, 5.41) is 11.1. The Hall–Kier alpha value is -2.35. The third-order valence-electron chi connectivity index (χ3n) is 6.04. The second-order valence-corrected chi connectivity index (χ2v) is 9.50. The number of ether oxygens (including phenoxy) is 2. The lowest BCUT2D eigenvalue weighted by molar-refractivity contribution is 0.277. The number of benzene rings is 3. The second kappa shape index (κ2) is 10.8. The molecule has 4 heteroatoms. The highest BCUT2D eigenvalue weighted by Crippen LogP contribution is 2.52. The zero-order valence-corrected chi connectivity index (χ0v) is 19.9. The van der Waals surface area contributed by atoms with Crippen LogP contribution < -0.4 is 14.8 Å². The lowest BCUT2D eigenvalue weighted by Gasteiger charge is -2.35. The van der Waals surface area contributed by atoms with Gasteiger partial charge in [-0.1, -0.05) is 83.1 Å². The molecule has 0 spiro atoms. The van der Waals surface area contributed by atoms with Crippen molar-refractivity contribution in [3.63, 3.8) is 0 Å². The summed E-state index contributed by atoms with van der Waals surface area (Å²) in [6.07, 6.45) is 1.94. The average molecular weight is 437 g/mol. The van der Waals surface area contributed by atoms with Crippen molar-refractivity contribution in [3.05, 3.63) is 89.0 Å². The van der Waals surface area contributed by atoms with Gasteiger partial charge in [0, 0.05) is 10.7 Å². The van der Waals surface area contributed by atoms with Gasteiger partial charge in [-0.25, -0.2) is 0 Å². The van der Waals surface area contributed by atoms with Crippen molar-refractivity contribution in [1.29, 1.82) is 0 Å². The lowest BCUT2D eigenvalue weighted by atomic mass is 9.91. The summed E-state index contributed by atoms with van der Waals surface area (Å²) in [5.74, 6) is 1.58. The Balaban J connectivity index is 2.06. The van der Waals surface area contributed by atoms with Gasteiger partial charge in [-0.05, 0) is 47.8 Å². The van der Waals surface area contributed by atoms with Crippen molar-refractivity contribution < 1.29 is 14.6 Å². The van der Waals surface area contributed by atoms with Crippen LogP contribution in [0, 0.1) is 6.92 Å². The summed E-state index contributed by atoms with van der Waals surface area (Å²) in [6, 6.07) is 22.6. The van der Waals surface area contributed by atoms with Crippen molar-refractivity contribution in [2.75, 3.05) is 7.11 Å². The van der Waals surface area contributed by atoms with E-state index < -0.39 is 0 Å². The molecule has 3 rings (SSSR count). The third-order valence-corrected chi connectivity index (χ3v) is 8.46. The summed E-state index contributed by atoms with van der Waals surface area (Å²) in [6.45, 7) is 7.17. The number of rotatable bonds is 10. The maximum atomic E-state index is 9.96. The Morgan fingerprint density at radius 1 is 0.903 bits per heavy atom. The van der Waals surface area contributed by atoms with Crippen LogP contribution in [0.1, 0.15) is 48.9 Å². The molecule has 0 saturated heterocycles. The molecular weight excluding hydrogens is 403 g/mol. The molecule has 0 aromatic heterocycles. The summed E-state index contributed by atoms with van der Waals surface area (Å²) in [7, 11) is 2.21. The quantitative estimate of drug-likeness (QED) is 0.391. The molecule has 0 aliphatic rings. The van der Waals surface area contributed by atoms with Gasteiger partial charge in [0.05, 0.1) is 13.7 Å². The van der Waals surface area contributed by atoms with Crippen molar-refractivity contribution in [2.45, 2.75) is 52.0 Å². The van der Waals surface area contributed by atoms with Gasteiger partial charge in [-0.2, -0.15) is 0 Å². The molecule has 0 amide bonds. The molecule has 1 unspecified atom stereocenters. The predicted molar refractivity (Wildman–Crippen MR) is 131 cm³/mol. The van der Waals surface area contributed by atoms with E-state index in [1.165, 1.54) is 16.4 Å². The van der Waals surface area contributed by atoms with Gasteiger partial charge in [-0.15, -0.1) is 0 Å². The molecule has 1 N–H and O–H groups in total. The van der Waals surface area contributed by atoms with Gasteiger partial charge < -0.3 is 14.6 Å². The molecule has 0 saturated carbocycles. The van der Waals surface area contributed by atoms with Crippen LogP contribution in [-0.4, -0.2) is 12.2 Å². The van der Waals surface area contributed by atoms with Crippen molar-refractivity contribution in [3.8, 4) is 11.5 Å². The Morgan fingerprint density at radius 2 is 1.61 bits per heavy atom. The van der Waals surface area contributed by atoms with Gasteiger partial charge in [-0.3, -0.25) is 0 Å². The first-order chi connectivity index (χ1) is 15.1. The summed E-state index contributed by atoms with van der Waals surface area (Å²) >= 11 is 0. The van der Waals surface area contributed by atoms with E-state index in [9.17, 15) is 5.11 Å². The molecule has 3 nitrogen and oxygen atoms in total. The van der Waals surface area contributed by atoms with Crippen molar-refractivity contribution in [1.82, 2.24) is 0 Å². The van der Waals surface area contributed by atoms with Gasteiger partial charge in [0.25, 0.3) is 0 Å². The smallest absolute Gasteiger partial charge is 0.165 e. The van der Waals surface area contributed by atoms with Gasteiger partial charge in [0.2, 0.25) is 0 Å². The number of hydrogen-bond donors (Lipinski definition) is 1. The first-order valence-electron chi connectivity index (χ1n) is 10.9. The van der Waals surface area contributed by atoms with Crippen LogP contribution in [0.4, 0.5) is 0 Å². The third kappa shape index (κ3) is 5.11. The molecular formula is C27H33O3P. The molecule has 3 aromatic carbocycles. The zero-order valence-electron chi connectivity index (χ0n) is 18.9. The number of methoxy groups -OCH3 is 1. The zero-order chi connectivity index (χ0) is 22.3. The minimum absolute atomic E-state index is 0.0585. The highest BCUT2D eigenvalue weighted by atomic mass is 31.1. The predicted octanol–water partition coefficient (Wildman–Crippen LogP) is 6.09. The van der Waals surface area contributed by atoms with Gasteiger partial charge in [0.15, 0.2) is 11.5 Å². The molecule has 3 aromatic rings. The van der Waals surface area contributed by atoms with E-state index in [2.05, 4.69) is 51.1 Å². The molecule has 0 aliphatic carbocycles. The van der Waals surface area contributed by atoms with E-state index in [4.69, 9.17) is 9.47 Å². The SMILES string of the molecule is CCC(CC)(Pc1c(C)cccc1CO)c1cccc(OC)c1OCc1ccccc1. The second-order valence-electron chi connectivity index (χ2n) is 7.79. The van der Waals surface area contributed by atoms with Crippen LogP contribution in [0.3, 0.4) is 0 Å². The molecule has 0 fully saturated rings. The summed E-state index contributed by atoms with van der Waals surface area (Å²) < 4.78 is 12.1. The number of hydrogen-bond acceptors (Lipinski definition) is 3. The van der Waals surface area contributed by atoms with E-state index in [1.54, 1.807) is 7.11 Å². The van der Waals surface area contributed by atoms with E-state index in [1.807, 2.05) is 36.4 Å². The largest absolute Gasteiger partial charge is 0.493 e. The Morgan fingerprint density at radius 3 is 2.26 bits per heavy atom. The molecule has 0 radical (unpaired) electrons. The Bertz CT molecular complexity index is 981. The number of aryl methyl sites for hydroxylation is 1. The first kappa shape index (κ1) is 23.3. The van der Waals surface area contributed by atoms with Crippen LogP contribution in [-0.2, 0) is 18.4 Å². The minimum Gasteiger partial charge on any atom is -0.493 e. The maximum Gasteiger partial charge on any atom is 0.165 e. The highest BCUT2D eigenvalue weighted by Gasteiger charge is 2.34. The number of aliphatic hydroxyl groups excluding tert-OH is 1. The molecule has 0 bridgehead atoms. The van der Waals surface area contributed by atoms with E-state index in [-0.39, 0.29) is 11.8 Å². The van der Waals surface area contributed by atoms with E-state index >= 15 is 0 Å². The highest BCUT2D eigenvalue weighted by molar-refractivity contribution is 7.48. The first-order valence-corrected chi connectivity index (χ1v) is 11.9. The molecule has 1 atom stereocenters. The Labute approximate surface area is 188 Å². The van der Waals surface area contributed by atoms with Gasteiger partial charge in [0.1, 0.15) is 6.61 Å². The summed E-state index contributed by atoms with van der Waals surface area (Å²) in [4.78, 5) is 0. The van der Waals surface area contributed by atoms with Crippen LogP contribution >= 0.6 is 8.58 Å². The maximum absolute atomic E-state index is 9.96. The standard InChI is InChI=1S/C27H33O3P/c1-5-27(6-2,31-26-20(3)12-10-15-22(26)18-28)23-16-11-17-24(29-4)25(23)30-19-21-13-8-7-9-14-21/h7-17,28,31H,5-6,18-19H2,1-4H3. The minimum atomic E-state index is -0.101. The fraction of sp³-hybridized carbons (Fsp3) is 0.333. The molecule has 0 aliphatic heterocycles. The normalized spacial score (nSPS) is 11.8. The van der Waals surface area contributed by atoms with Crippen LogP contribution in [0.2, 0.25) is 0 Å². The lowest BCUT2D eigenvalue weighted by Crippen LogP contribution is -2.25. The van der Waals surface area contributed by atoms with Crippen molar-refractivity contribution in [2.24, 2.45) is 0 Å².